The van der Waals surface area contributed by atoms with E-state index < -0.39 is 0 Å². The average molecular weight is 186 g/mol. The summed E-state index contributed by atoms with van der Waals surface area (Å²) in [4.78, 5) is 2.38. The second kappa shape index (κ2) is 3.95. The Morgan fingerprint density at radius 3 is 2.62 bits per heavy atom. The summed E-state index contributed by atoms with van der Waals surface area (Å²) in [6.07, 6.45) is 1.63. The molecule has 0 amide bonds. The number of hydrogen-bond acceptors (Lipinski definition) is 3. The monoisotopic (exact) mass is 186 g/mol. The van der Waals surface area contributed by atoms with Crippen LogP contribution in [0.25, 0.3) is 0 Å². The summed E-state index contributed by atoms with van der Waals surface area (Å²) in [5.74, 6) is 0. The molecule has 0 unspecified atom stereocenters. The van der Waals surface area contributed by atoms with Gasteiger partial charge in [-0.25, -0.2) is 0 Å². The van der Waals surface area contributed by atoms with Crippen LogP contribution in [0.3, 0.4) is 0 Å². The summed E-state index contributed by atoms with van der Waals surface area (Å²) < 4.78 is 0. The molecule has 3 nitrogen and oxygen atoms in total. The Labute approximate surface area is 80.9 Å². The molecule has 1 saturated heterocycles. The van der Waals surface area contributed by atoms with Gasteiger partial charge in [0.25, 0.3) is 0 Å². The van der Waals surface area contributed by atoms with E-state index in [2.05, 4.69) is 25.7 Å². The molecule has 78 valence electrons. The number of piperidine rings is 1. The molecule has 2 atom stereocenters. The van der Waals surface area contributed by atoms with Crippen molar-refractivity contribution < 1.29 is 5.11 Å². The zero-order valence-electron chi connectivity index (χ0n) is 8.95. The Hall–Kier alpha value is -0.120. The van der Waals surface area contributed by atoms with E-state index >= 15 is 0 Å². The Morgan fingerprint density at radius 1 is 1.54 bits per heavy atom. The van der Waals surface area contributed by atoms with Gasteiger partial charge in [0.15, 0.2) is 0 Å². The van der Waals surface area contributed by atoms with Crippen LogP contribution in [0.5, 0.6) is 0 Å². The maximum atomic E-state index is 9.48. The third-order valence-electron chi connectivity index (χ3n) is 3.34. The molecule has 1 heterocycles. The molecule has 1 fully saturated rings. The van der Waals surface area contributed by atoms with Gasteiger partial charge in [0.05, 0.1) is 6.10 Å². The lowest BCUT2D eigenvalue weighted by atomic mass is 9.93. The van der Waals surface area contributed by atoms with E-state index in [0.29, 0.717) is 0 Å². The zero-order valence-corrected chi connectivity index (χ0v) is 8.95. The quantitative estimate of drug-likeness (QED) is 0.663. The van der Waals surface area contributed by atoms with E-state index in [1.807, 2.05) is 0 Å². The Bertz CT molecular complexity index is 170. The minimum Gasteiger partial charge on any atom is -0.391 e. The SMILES string of the molecule is CCC(C)(C)N1CC[C@@H](O)[C@H](N)C1. The summed E-state index contributed by atoms with van der Waals surface area (Å²) in [7, 11) is 0. The number of likely N-dealkylation sites (tertiary alicyclic amines) is 1. The fourth-order valence-corrected chi connectivity index (χ4v) is 1.74. The summed E-state index contributed by atoms with van der Waals surface area (Å²) in [6, 6.07) is -0.0698. The number of aliphatic hydroxyl groups excluding tert-OH is 1. The molecule has 3 heteroatoms. The van der Waals surface area contributed by atoms with E-state index in [1.165, 1.54) is 0 Å². The van der Waals surface area contributed by atoms with Gasteiger partial charge in [-0.15, -0.1) is 0 Å². The highest BCUT2D eigenvalue weighted by Crippen LogP contribution is 2.22. The van der Waals surface area contributed by atoms with Crippen molar-refractivity contribution in [2.75, 3.05) is 13.1 Å². The number of hydrogen-bond donors (Lipinski definition) is 2. The molecule has 0 aromatic heterocycles. The third kappa shape index (κ3) is 2.42. The highest BCUT2D eigenvalue weighted by Gasteiger charge is 2.32. The Kier molecular flexibility index (Phi) is 3.33. The first kappa shape index (κ1) is 11.0. The predicted molar refractivity (Wildman–Crippen MR) is 54.5 cm³/mol. The van der Waals surface area contributed by atoms with Crippen molar-refractivity contribution >= 4 is 0 Å². The second-order valence-electron chi connectivity index (χ2n) is 4.63. The molecule has 1 rings (SSSR count). The molecule has 0 aromatic rings. The van der Waals surface area contributed by atoms with Gasteiger partial charge in [-0.05, 0) is 26.7 Å². The van der Waals surface area contributed by atoms with Crippen molar-refractivity contribution in [3.8, 4) is 0 Å². The van der Waals surface area contributed by atoms with Crippen LogP contribution in [0.2, 0.25) is 0 Å². The Balaban J connectivity index is 2.55. The minimum absolute atomic E-state index is 0.0698. The van der Waals surface area contributed by atoms with Gasteiger partial charge >= 0.3 is 0 Å². The van der Waals surface area contributed by atoms with Crippen LogP contribution in [0.1, 0.15) is 33.6 Å². The van der Waals surface area contributed by atoms with Crippen molar-refractivity contribution in [3.63, 3.8) is 0 Å². The summed E-state index contributed by atoms with van der Waals surface area (Å²) >= 11 is 0. The van der Waals surface area contributed by atoms with Crippen molar-refractivity contribution in [3.05, 3.63) is 0 Å². The van der Waals surface area contributed by atoms with Gasteiger partial charge in [0, 0.05) is 24.7 Å². The number of aliphatic hydroxyl groups is 1. The first-order valence-corrected chi connectivity index (χ1v) is 5.16. The van der Waals surface area contributed by atoms with E-state index in [9.17, 15) is 5.11 Å². The largest absolute Gasteiger partial charge is 0.391 e. The average Bonchev–Trinajstić information content (AvgIpc) is 2.09. The van der Waals surface area contributed by atoms with Crippen LogP contribution in [0, 0.1) is 0 Å². The lowest BCUT2D eigenvalue weighted by Gasteiger charge is -2.44. The normalized spacial score (nSPS) is 32.1. The molecule has 13 heavy (non-hydrogen) atoms. The van der Waals surface area contributed by atoms with Crippen molar-refractivity contribution in [2.24, 2.45) is 5.73 Å². The predicted octanol–water partition coefficient (Wildman–Crippen LogP) is 0.569. The second-order valence-corrected chi connectivity index (χ2v) is 4.63. The van der Waals surface area contributed by atoms with Crippen LogP contribution in [0.15, 0.2) is 0 Å². The fraction of sp³-hybridized carbons (Fsp3) is 1.00. The smallest absolute Gasteiger partial charge is 0.0715 e. The Morgan fingerprint density at radius 2 is 2.15 bits per heavy atom. The first-order chi connectivity index (χ1) is 5.97. The van der Waals surface area contributed by atoms with Gasteiger partial charge in [-0.2, -0.15) is 0 Å². The van der Waals surface area contributed by atoms with Gasteiger partial charge in [-0.3, -0.25) is 4.90 Å². The summed E-state index contributed by atoms with van der Waals surface area (Å²) in [5.41, 5.74) is 6.05. The molecule has 1 aliphatic rings. The molecule has 0 saturated carbocycles. The lowest BCUT2D eigenvalue weighted by molar-refractivity contribution is 0.0140. The van der Waals surface area contributed by atoms with E-state index in [0.717, 1.165) is 25.9 Å². The lowest BCUT2D eigenvalue weighted by Crippen LogP contribution is -2.57. The third-order valence-corrected chi connectivity index (χ3v) is 3.34. The number of nitrogens with zero attached hydrogens (tertiary/aromatic N) is 1. The number of nitrogens with two attached hydrogens (primary N) is 1. The fourth-order valence-electron chi connectivity index (χ4n) is 1.74. The van der Waals surface area contributed by atoms with Gasteiger partial charge in [0.1, 0.15) is 0 Å². The van der Waals surface area contributed by atoms with Crippen LogP contribution in [-0.2, 0) is 0 Å². The molecular formula is C10H22N2O. The molecule has 0 aliphatic carbocycles. The maximum Gasteiger partial charge on any atom is 0.0715 e. The van der Waals surface area contributed by atoms with Crippen molar-refractivity contribution in [2.45, 2.75) is 51.3 Å². The standard InChI is InChI=1S/C10H22N2O/c1-4-10(2,3)12-6-5-9(13)8(11)7-12/h8-9,13H,4-7,11H2,1-3H3/t8-,9-/m1/s1. The highest BCUT2D eigenvalue weighted by molar-refractivity contribution is 4.89. The summed E-state index contributed by atoms with van der Waals surface area (Å²) in [5, 5.41) is 9.48. The molecule has 3 N–H and O–H groups in total. The van der Waals surface area contributed by atoms with Crippen LogP contribution in [-0.4, -0.2) is 40.8 Å². The molecule has 0 radical (unpaired) electrons. The van der Waals surface area contributed by atoms with Gasteiger partial charge < -0.3 is 10.8 Å². The van der Waals surface area contributed by atoms with Crippen molar-refractivity contribution in [1.29, 1.82) is 0 Å². The van der Waals surface area contributed by atoms with E-state index in [1.54, 1.807) is 0 Å². The van der Waals surface area contributed by atoms with Gasteiger partial charge in [0.2, 0.25) is 0 Å². The highest BCUT2D eigenvalue weighted by atomic mass is 16.3. The van der Waals surface area contributed by atoms with Crippen LogP contribution >= 0.6 is 0 Å². The molecule has 0 aromatic carbocycles. The summed E-state index contributed by atoms with van der Waals surface area (Å²) in [6.45, 7) is 8.45. The molecule has 1 aliphatic heterocycles. The molecule has 0 spiro atoms. The zero-order chi connectivity index (χ0) is 10.1. The first-order valence-electron chi connectivity index (χ1n) is 5.16. The van der Waals surface area contributed by atoms with Gasteiger partial charge in [-0.1, -0.05) is 6.92 Å². The number of rotatable bonds is 2. The molecular weight excluding hydrogens is 164 g/mol. The van der Waals surface area contributed by atoms with E-state index in [-0.39, 0.29) is 17.7 Å². The maximum absolute atomic E-state index is 9.48. The van der Waals surface area contributed by atoms with E-state index in [4.69, 9.17) is 5.73 Å². The van der Waals surface area contributed by atoms with Crippen LogP contribution in [0.4, 0.5) is 0 Å². The minimum atomic E-state index is -0.302. The van der Waals surface area contributed by atoms with Crippen molar-refractivity contribution in [1.82, 2.24) is 4.90 Å². The topological polar surface area (TPSA) is 49.5 Å². The van der Waals surface area contributed by atoms with Crippen LogP contribution < -0.4 is 5.73 Å². The molecule has 0 bridgehead atoms.